The van der Waals surface area contributed by atoms with Crippen LogP contribution in [0.25, 0.3) is 0 Å². The van der Waals surface area contributed by atoms with Crippen molar-refractivity contribution in [3.63, 3.8) is 0 Å². The largest absolute Gasteiger partial charge is 0.370 e. The van der Waals surface area contributed by atoms with Crippen LogP contribution < -0.4 is 11.1 Å². The highest BCUT2D eigenvalue weighted by atomic mass is 35.5. The van der Waals surface area contributed by atoms with Crippen molar-refractivity contribution in [1.29, 1.82) is 0 Å². The molecule has 1 rings (SSSR count). The first-order valence-electron chi connectivity index (χ1n) is 5.14. The van der Waals surface area contributed by atoms with Crippen LogP contribution in [0, 0.1) is 6.92 Å². The Bertz CT molecular complexity index is 453. The van der Waals surface area contributed by atoms with Gasteiger partial charge in [-0.25, -0.2) is 9.97 Å². The molecule has 0 spiro atoms. The molecule has 3 N–H and O–H groups in total. The van der Waals surface area contributed by atoms with Crippen LogP contribution in [0.5, 0.6) is 0 Å². The highest BCUT2D eigenvalue weighted by Crippen LogP contribution is 2.18. The smallest absolute Gasteiger partial charge is 0.243 e. The van der Waals surface area contributed by atoms with E-state index in [2.05, 4.69) is 15.3 Å². The summed E-state index contributed by atoms with van der Waals surface area (Å²) in [7, 11) is 0. The van der Waals surface area contributed by atoms with E-state index >= 15 is 0 Å². The maximum atomic E-state index is 10.8. The zero-order valence-electron chi connectivity index (χ0n) is 9.77. The Hall–Kier alpha value is -1.73. The van der Waals surface area contributed by atoms with Crippen molar-refractivity contribution in [2.24, 2.45) is 5.73 Å². The number of carbonyl (C=O) groups excluding carboxylic acids is 2. The third-order valence-electron chi connectivity index (χ3n) is 1.91. The van der Waals surface area contributed by atoms with Crippen LogP contribution in [0.15, 0.2) is 0 Å². The van der Waals surface area contributed by atoms with Gasteiger partial charge in [0, 0.05) is 6.54 Å². The van der Waals surface area contributed by atoms with E-state index in [0.29, 0.717) is 24.5 Å². The molecule has 1 heterocycles. The molecule has 0 aliphatic heterocycles. The van der Waals surface area contributed by atoms with E-state index in [1.165, 1.54) is 0 Å². The van der Waals surface area contributed by atoms with Crippen LogP contribution in [0.4, 0.5) is 5.82 Å². The number of nitrogens with two attached hydrogens (primary N) is 1. The molecule has 0 aliphatic rings. The van der Waals surface area contributed by atoms with E-state index in [-0.39, 0.29) is 23.9 Å². The quantitative estimate of drug-likeness (QED) is 0.416. The van der Waals surface area contributed by atoms with Crippen molar-refractivity contribution in [2.45, 2.75) is 6.92 Å². The summed E-state index contributed by atoms with van der Waals surface area (Å²) < 4.78 is 4.95. The first-order valence-corrected chi connectivity index (χ1v) is 5.51. The third-order valence-corrected chi connectivity index (χ3v) is 2.20. The summed E-state index contributed by atoms with van der Waals surface area (Å²) in [6.07, 6.45) is 0.578. The van der Waals surface area contributed by atoms with E-state index in [1.807, 2.05) is 0 Å². The van der Waals surface area contributed by atoms with Crippen molar-refractivity contribution in [1.82, 2.24) is 9.97 Å². The Morgan fingerprint density at radius 1 is 1.56 bits per heavy atom. The molecule has 1 aromatic rings. The zero-order chi connectivity index (χ0) is 13.5. The van der Waals surface area contributed by atoms with Gasteiger partial charge in [-0.1, -0.05) is 11.6 Å². The van der Waals surface area contributed by atoms with Crippen molar-refractivity contribution in [3.8, 4) is 0 Å². The highest BCUT2D eigenvalue weighted by molar-refractivity contribution is 6.32. The number of carbonyl (C=O) groups is 2. The van der Waals surface area contributed by atoms with E-state index in [9.17, 15) is 9.59 Å². The van der Waals surface area contributed by atoms with Crippen LogP contribution in [0.2, 0.25) is 5.15 Å². The SMILES string of the molecule is Cc1nc(Cl)c(C=O)c(NCCOCC(N)=O)n1. The van der Waals surface area contributed by atoms with Gasteiger partial charge in [-0.15, -0.1) is 0 Å². The molecule has 0 saturated heterocycles. The molecular formula is C10H13ClN4O3. The third kappa shape index (κ3) is 4.27. The van der Waals surface area contributed by atoms with Gasteiger partial charge in [-0.3, -0.25) is 9.59 Å². The summed E-state index contributed by atoms with van der Waals surface area (Å²) in [5.74, 6) is 0.251. The van der Waals surface area contributed by atoms with Gasteiger partial charge in [0.15, 0.2) is 6.29 Å². The molecule has 8 heteroatoms. The minimum absolute atomic E-state index is 0.0954. The van der Waals surface area contributed by atoms with Gasteiger partial charge in [0.1, 0.15) is 23.4 Å². The predicted molar refractivity (Wildman–Crippen MR) is 65.7 cm³/mol. The molecule has 1 amide bonds. The number of nitrogens with zero attached hydrogens (tertiary/aromatic N) is 2. The number of ether oxygens (including phenoxy) is 1. The van der Waals surface area contributed by atoms with E-state index in [1.54, 1.807) is 6.92 Å². The summed E-state index contributed by atoms with van der Waals surface area (Å²) in [5, 5.41) is 2.97. The van der Waals surface area contributed by atoms with Crippen LogP contribution in [0.1, 0.15) is 16.2 Å². The number of anilines is 1. The molecule has 0 fully saturated rings. The first-order chi connectivity index (χ1) is 8.54. The lowest BCUT2D eigenvalue weighted by Crippen LogP contribution is -2.21. The summed E-state index contributed by atoms with van der Waals surface area (Å²) in [4.78, 5) is 29.2. The van der Waals surface area contributed by atoms with Crippen LogP contribution in [0.3, 0.4) is 0 Å². The summed E-state index contributed by atoms with van der Waals surface area (Å²) >= 11 is 5.80. The van der Waals surface area contributed by atoms with Gasteiger partial charge < -0.3 is 15.8 Å². The second-order valence-electron chi connectivity index (χ2n) is 3.39. The minimum atomic E-state index is -0.537. The lowest BCUT2D eigenvalue weighted by molar-refractivity contribution is -0.122. The summed E-state index contributed by atoms with van der Waals surface area (Å²) in [6, 6.07) is 0. The predicted octanol–water partition coefficient (Wildman–Crippen LogP) is 0.165. The lowest BCUT2D eigenvalue weighted by atomic mass is 10.3. The van der Waals surface area contributed by atoms with Crippen LogP contribution in [-0.2, 0) is 9.53 Å². The van der Waals surface area contributed by atoms with E-state index in [4.69, 9.17) is 22.1 Å². The number of halogens is 1. The maximum absolute atomic E-state index is 10.8. The molecule has 0 radical (unpaired) electrons. The topological polar surface area (TPSA) is 107 Å². The fourth-order valence-corrected chi connectivity index (χ4v) is 1.46. The van der Waals surface area contributed by atoms with E-state index in [0.717, 1.165) is 0 Å². The van der Waals surface area contributed by atoms with Crippen LogP contribution >= 0.6 is 11.6 Å². The summed E-state index contributed by atoms with van der Waals surface area (Å²) in [6.45, 7) is 2.13. The van der Waals surface area contributed by atoms with E-state index < -0.39 is 5.91 Å². The Balaban J connectivity index is 2.56. The lowest BCUT2D eigenvalue weighted by Gasteiger charge is -2.09. The Kier molecular flexibility index (Phi) is 5.47. The fraction of sp³-hybridized carbons (Fsp3) is 0.400. The average molecular weight is 273 g/mol. The maximum Gasteiger partial charge on any atom is 0.243 e. The van der Waals surface area contributed by atoms with Crippen molar-refractivity contribution in [3.05, 3.63) is 16.5 Å². The molecule has 0 aliphatic carbocycles. The number of aryl methyl sites for hydroxylation is 1. The molecule has 0 unspecified atom stereocenters. The van der Waals surface area contributed by atoms with Gasteiger partial charge in [0.25, 0.3) is 0 Å². The molecule has 98 valence electrons. The summed E-state index contributed by atoms with van der Waals surface area (Å²) in [5.41, 5.74) is 5.09. The molecule has 7 nitrogen and oxygen atoms in total. The molecule has 0 aromatic carbocycles. The normalized spacial score (nSPS) is 10.1. The number of rotatable bonds is 7. The van der Waals surface area contributed by atoms with Crippen molar-refractivity contribution in [2.75, 3.05) is 25.1 Å². The number of aromatic nitrogens is 2. The second kappa shape index (κ2) is 6.87. The zero-order valence-corrected chi connectivity index (χ0v) is 10.5. The molecule has 18 heavy (non-hydrogen) atoms. The second-order valence-corrected chi connectivity index (χ2v) is 3.75. The molecule has 0 saturated carbocycles. The first kappa shape index (κ1) is 14.3. The highest BCUT2D eigenvalue weighted by Gasteiger charge is 2.10. The number of primary amides is 1. The Morgan fingerprint density at radius 2 is 2.28 bits per heavy atom. The van der Waals surface area contributed by atoms with Gasteiger partial charge in [-0.2, -0.15) is 0 Å². The van der Waals surface area contributed by atoms with Crippen molar-refractivity contribution < 1.29 is 14.3 Å². The number of amides is 1. The minimum Gasteiger partial charge on any atom is -0.370 e. The van der Waals surface area contributed by atoms with Gasteiger partial charge in [0.05, 0.1) is 12.2 Å². The van der Waals surface area contributed by atoms with Crippen LogP contribution in [-0.4, -0.2) is 41.9 Å². The van der Waals surface area contributed by atoms with Gasteiger partial charge in [0.2, 0.25) is 5.91 Å². The van der Waals surface area contributed by atoms with Crippen molar-refractivity contribution >= 4 is 29.6 Å². The Labute approximate surface area is 109 Å². The number of nitrogens with one attached hydrogen (secondary N) is 1. The molecule has 0 bridgehead atoms. The fourth-order valence-electron chi connectivity index (χ4n) is 1.20. The molecule has 1 aromatic heterocycles. The Morgan fingerprint density at radius 3 is 2.89 bits per heavy atom. The number of hydrogen-bond donors (Lipinski definition) is 2. The van der Waals surface area contributed by atoms with Gasteiger partial charge >= 0.3 is 0 Å². The number of hydrogen-bond acceptors (Lipinski definition) is 6. The molecule has 0 atom stereocenters. The number of aldehydes is 1. The monoisotopic (exact) mass is 272 g/mol. The molecular weight excluding hydrogens is 260 g/mol. The standard InChI is InChI=1S/C10H13ClN4O3/c1-6-14-9(11)7(4-16)10(15-6)13-2-3-18-5-8(12)17/h4H,2-3,5H2,1H3,(H2,12,17)(H,13,14,15). The average Bonchev–Trinajstić information content (AvgIpc) is 2.27. The van der Waals surface area contributed by atoms with Gasteiger partial charge in [-0.05, 0) is 6.92 Å².